The summed E-state index contributed by atoms with van der Waals surface area (Å²) in [5, 5.41) is 0. The number of nitrogens with zero attached hydrogens (tertiary/aromatic N) is 1. The van der Waals surface area contributed by atoms with Crippen molar-refractivity contribution in [2.75, 3.05) is 19.6 Å². The Bertz CT molecular complexity index is 519. The maximum absolute atomic E-state index is 5.92. The largest absolute Gasteiger partial charge is 0.467 e. The van der Waals surface area contributed by atoms with Gasteiger partial charge in [-0.3, -0.25) is 4.90 Å². The minimum Gasteiger partial charge on any atom is -0.467 e. The van der Waals surface area contributed by atoms with Crippen molar-refractivity contribution in [2.24, 2.45) is 11.1 Å². The van der Waals surface area contributed by atoms with Crippen molar-refractivity contribution >= 4 is 0 Å². The van der Waals surface area contributed by atoms with E-state index in [0.29, 0.717) is 6.54 Å². The van der Waals surface area contributed by atoms with Gasteiger partial charge in [-0.15, -0.1) is 0 Å². The number of nitrogens with two attached hydrogens (primary N) is 1. The highest BCUT2D eigenvalue weighted by molar-refractivity contribution is 5.26. The second kappa shape index (κ2) is 6.92. The van der Waals surface area contributed by atoms with Crippen molar-refractivity contribution in [3.05, 3.63) is 60.1 Å². The standard InChI is InChI=1S/C18H26N2O/c1-4-20(14-18(2,3)13-19)17(16-11-8-12-21-16)15-9-6-5-7-10-15/h5-12,17H,4,13-14,19H2,1-3H3. The molecule has 0 aliphatic carbocycles. The topological polar surface area (TPSA) is 42.4 Å². The van der Waals surface area contributed by atoms with Gasteiger partial charge in [-0.1, -0.05) is 51.1 Å². The van der Waals surface area contributed by atoms with Crippen LogP contribution in [0.3, 0.4) is 0 Å². The highest BCUT2D eigenvalue weighted by Gasteiger charge is 2.28. The molecule has 3 nitrogen and oxygen atoms in total. The van der Waals surface area contributed by atoms with E-state index in [1.165, 1.54) is 5.56 Å². The molecule has 1 unspecified atom stereocenters. The van der Waals surface area contributed by atoms with Crippen LogP contribution in [0.15, 0.2) is 53.1 Å². The zero-order chi connectivity index (χ0) is 15.3. The summed E-state index contributed by atoms with van der Waals surface area (Å²) in [5.74, 6) is 0.982. The maximum Gasteiger partial charge on any atom is 0.125 e. The normalized spacial score (nSPS) is 13.6. The quantitative estimate of drug-likeness (QED) is 0.844. The summed E-state index contributed by atoms with van der Waals surface area (Å²) in [7, 11) is 0. The molecule has 1 atom stereocenters. The molecule has 2 aromatic rings. The van der Waals surface area contributed by atoms with E-state index in [9.17, 15) is 0 Å². The van der Waals surface area contributed by atoms with Gasteiger partial charge in [0.25, 0.3) is 0 Å². The van der Waals surface area contributed by atoms with E-state index >= 15 is 0 Å². The molecule has 1 aromatic carbocycles. The first-order chi connectivity index (χ1) is 10.1. The predicted octanol–water partition coefficient (Wildman–Crippen LogP) is 3.68. The molecule has 2 rings (SSSR count). The molecule has 0 saturated heterocycles. The maximum atomic E-state index is 5.92. The van der Waals surface area contributed by atoms with Gasteiger partial charge in [-0.25, -0.2) is 0 Å². The smallest absolute Gasteiger partial charge is 0.125 e. The van der Waals surface area contributed by atoms with Gasteiger partial charge in [0.1, 0.15) is 5.76 Å². The zero-order valence-corrected chi connectivity index (χ0v) is 13.3. The minimum atomic E-state index is 0.0790. The highest BCUT2D eigenvalue weighted by Crippen LogP contribution is 2.31. The molecule has 0 spiro atoms. The molecule has 0 aliphatic rings. The first kappa shape index (κ1) is 15.8. The predicted molar refractivity (Wildman–Crippen MR) is 87.1 cm³/mol. The van der Waals surface area contributed by atoms with Crippen molar-refractivity contribution in [2.45, 2.75) is 26.8 Å². The third-order valence-electron chi connectivity index (χ3n) is 3.88. The van der Waals surface area contributed by atoms with Crippen molar-refractivity contribution in [3.8, 4) is 0 Å². The van der Waals surface area contributed by atoms with Crippen LogP contribution in [-0.2, 0) is 0 Å². The number of hydrogen-bond donors (Lipinski definition) is 1. The van der Waals surface area contributed by atoms with Crippen LogP contribution in [0.2, 0.25) is 0 Å². The van der Waals surface area contributed by atoms with Gasteiger partial charge in [0.2, 0.25) is 0 Å². The molecular weight excluding hydrogens is 260 g/mol. The van der Waals surface area contributed by atoms with Gasteiger partial charge in [0.05, 0.1) is 12.3 Å². The van der Waals surface area contributed by atoms with Crippen LogP contribution in [0.5, 0.6) is 0 Å². The molecule has 114 valence electrons. The SMILES string of the molecule is CCN(CC(C)(C)CN)C(c1ccccc1)c1ccco1. The fraction of sp³-hybridized carbons (Fsp3) is 0.444. The fourth-order valence-electron chi connectivity index (χ4n) is 2.64. The molecule has 0 saturated carbocycles. The second-order valence-corrected chi connectivity index (χ2v) is 6.26. The van der Waals surface area contributed by atoms with Gasteiger partial charge in [-0.05, 0) is 36.2 Å². The Hall–Kier alpha value is -1.58. The van der Waals surface area contributed by atoms with Crippen molar-refractivity contribution in [1.82, 2.24) is 4.90 Å². The lowest BCUT2D eigenvalue weighted by molar-refractivity contribution is 0.145. The number of hydrogen-bond acceptors (Lipinski definition) is 3. The molecule has 0 amide bonds. The van der Waals surface area contributed by atoms with E-state index in [2.05, 4.69) is 56.0 Å². The van der Waals surface area contributed by atoms with E-state index < -0.39 is 0 Å². The first-order valence-corrected chi connectivity index (χ1v) is 7.60. The second-order valence-electron chi connectivity index (χ2n) is 6.26. The summed E-state index contributed by atoms with van der Waals surface area (Å²) < 4.78 is 5.71. The summed E-state index contributed by atoms with van der Waals surface area (Å²) in [5.41, 5.74) is 7.25. The molecule has 2 N–H and O–H groups in total. The van der Waals surface area contributed by atoms with Crippen molar-refractivity contribution in [3.63, 3.8) is 0 Å². The molecule has 1 heterocycles. The molecule has 0 bridgehead atoms. The van der Waals surface area contributed by atoms with Gasteiger partial charge in [0, 0.05) is 6.54 Å². The van der Waals surface area contributed by atoms with Gasteiger partial charge in [-0.2, -0.15) is 0 Å². The Kier molecular flexibility index (Phi) is 5.21. The fourth-order valence-corrected chi connectivity index (χ4v) is 2.64. The third kappa shape index (κ3) is 3.96. The van der Waals surface area contributed by atoms with Gasteiger partial charge < -0.3 is 10.2 Å². The molecule has 1 aromatic heterocycles. The van der Waals surface area contributed by atoms with Crippen LogP contribution in [-0.4, -0.2) is 24.5 Å². The van der Waals surface area contributed by atoms with E-state index in [0.717, 1.165) is 18.8 Å². The van der Waals surface area contributed by atoms with E-state index in [1.54, 1.807) is 6.26 Å². The lowest BCUT2D eigenvalue weighted by Gasteiger charge is -2.36. The molecule has 0 fully saturated rings. The minimum absolute atomic E-state index is 0.0790. The summed E-state index contributed by atoms with van der Waals surface area (Å²) in [6, 6.07) is 14.7. The van der Waals surface area contributed by atoms with Crippen molar-refractivity contribution in [1.29, 1.82) is 0 Å². The Morgan fingerprint density at radius 1 is 1.14 bits per heavy atom. The van der Waals surface area contributed by atoms with Crippen LogP contribution in [0.1, 0.15) is 38.1 Å². The number of furan rings is 1. The van der Waals surface area contributed by atoms with Gasteiger partial charge in [0.15, 0.2) is 0 Å². The number of rotatable bonds is 7. The summed E-state index contributed by atoms with van der Waals surface area (Å²) in [6.07, 6.45) is 1.74. The van der Waals surface area contributed by atoms with E-state index in [1.807, 2.05) is 12.1 Å². The molecular formula is C18H26N2O. The van der Waals surface area contributed by atoms with E-state index in [4.69, 9.17) is 10.2 Å². The Labute approximate surface area is 127 Å². The number of benzene rings is 1. The van der Waals surface area contributed by atoms with Gasteiger partial charge >= 0.3 is 0 Å². The van der Waals surface area contributed by atoms with Crippen LogP contribution >= 0.6 is 0 Å². The Balaban J connectivity index is 2.34. The molecule has 21 heavy (non-hydrogen) atoms. The average Bonchev–Trinajstić information content (AvgIpc) is 3.01. The lowest BCUT2D eigenvalue weighted by Crippen LogP contribution is -2.40. The summed E-state index contributed by atoms with van der Waals surface area (Å²) >= 11 is 0. The lowest BCUT2D eigenvalue weighted by atomic mass is 9.91. The third-order valence-corrected chi connectivity index (χ3v) is 3.88. The van der Waals surface area contributed by atoms with Crippen molar-refractivity contribution < 1.29 is 4.42 Å². The zero-order valence-electron chi connectivity index (χ0n) is 13.3. The molecule has 0 radical (unpaired) electrons. The Morgan fingerprint density at radius 3 is 2.38 bits per heavy atom. The van der Waals surface area contributed by atoms with Crippen LogP contribution in [0, 0.1) is 5.41 Å². The van der Waals surface area contributed by atoms with E-state index in [-0.39, 0.29) is 11.5 Å². The highest BCUT2D eigenvalue weighted by atomic mass is 16.3. The van der Waals surface area contributed by atoms with Crippen LogP contribution in [0.25, 0.3) is 0 Å². The van der Waals surface area contributed by atoms with Crippen LogP contribution in [0.4, 0.5) is 0 Å². The summed E-state index contributed by atoms with van der Waals surface area (Å²) in [6.45, 7) is 9.15. The monoisotopic (exact) mass is 286 g/mol. The van der Waals surface area contributed by atoms with Crippen LogP contribution < -0.4 is 5.73 Å². The first-order valence-electron chi connectivity index (χ1n) is 7.60. The molecule has 0 aliphatic heterocycles. The Morgan fingerprint density at radius 2 is 1.86 bits per heavy atom. The summed E-state index contributed by atoms with van der Waals surface area (Å²) in [4.78, 5) is 2.43. The average molecular weight is 286 g/mol. The molecule has 3 heteroatoms.